The largest absolute Gasteiger partial charge is 0.389 e. The normalized spacial score (nSPS) is 25.3. The van der Waals surface area contributed by atoms with Gasteiger partial charge in [-0.25, -0.2) is 0 Å². The van der Waals surface area contributed by atoms with Crippen LogP contribution in [0.3, 0.4) is 0 Å². The second-order valence-corrected chi connectivity index (χ2v) is 5.33. The maximum atomic E-state index is 12.1. The number of halogens is 3. The van der Waals surface area contributed by atoms with Crippen LogP contribution in [0, 0.1) is 0 Å². The molecule has 19 heavy (non-hydrogen) atoms. The average Bonchev–Trinajstić information content (AvgIpc) is 2.56. The maximum Gasteiger partial charge on any atom is 0.389 e. The third-order valence-corrected chi connectivity index (χ3v) is 3.55. The number of ether oxygens (including phenoxy) is 1. The lowest BCUT2D eigenvalue weighted by atomic mass is 10.1. The fourth-order valence-corrected chi connectivity index (χ4v) is 2.54. The summed E-state index contributed by atoms with van der Waals surface area (Å²) in [4.78, 5) is 0. The van der Waals surface area contributed by atoms with E-state index in [1.165, 1.54) is 12.8 Å². The van der Waals surface area contributed by atoms with Gasteiger partial charge in [-0.1, -0.05) is 26.2 Å². The van der Waals surface area contributed by atoms with Crippen molar-refractivity contribution in [3.63, 3.8) is 0 Å². The van der Waals surface area contributed by atoms with E-state index in [9.17, 15) is 13.2 Å². The minimum absolute atomic E-state index is 0.0699. The van der Waals surface area contributed by atoms with E-state index in [4.69, 9.17) is 4.74 Å². The summed E-state index contributed by atoms with van der Waals surface area (Å²) in [5.74, 6) is 0. The first kappa shape index (κ1) is 16.8. The Morgan fingerprint density at radius 2 is 1.89 bits per heavy atom. The highest BCUT2D eigenvalue weighted by Gasteiger charge is 2.27. The van der Waals surface area contributed by atoms with Crippen LogP contribution in [-0.4, -0.2) is 31.5 Å². The lowest BCUT2D eigenvalue weighted by molar-refractivity contribution is -0.139. The molecule has 0 heterocycles. The molecule has 5 heteroatoms. The van der Waals surface area contributed by atoms with Gasteiger partial charge in [-0.2, -0.15) is 13.2 Å². The van der Waals surface area contributed by atoms with Gasteiger partial charge in [0.25, 0.3) is 0 Å². The molecule has 0 amide bonds. The lowest BCUT2D eigenvalue weighted by Gasteiger charge is -2.26. The summed E-state index contributed by atoms with van der Waals surface area (Å²) >= 11 is 0. The quantitative estimate of drug-likeness (QED) is 0.561. The molecule has 0 aromatic carbocycles. The van der Waals surface area contributed by atoms with Crippen LogP contribution >= 0.6 is 0 Å². The molecule has 1 aliphatic carbocycles. The van der Waals surface area contributed by atoms with Crippen molar-refractivity contribution in [2.24, 2.45) is 0 Å². The molecule has 0 spiro atoms. The Morgan fingerprint density at radius 3 is 2.58 bits per heavy atom. The predicted molar refractivity (Wildman–Crippen MR) is 70.2 cm³/mol. The third kappa shape index (κ3) is 7.78. The summed E-state index contributed by atoms with van der Waals surface area (Å²) in [6, 6.07) is 0.313. The van der Waals surface area contributed by atoms with Gasteiger partial charge in [0.05, 0.1) is 6.10 Å². The minimum Gasteiger partial charge on any atom is -0.377 e. The summed E-state index contributed by atoms with van der Waals surface area (Å²) in [6.07, 6.45) is 1.96. The Hall–Kier alpha value is -0.290. The molecule has 0 aliphatic heterocycles. The summed E-state index contributed by atoms with van der Waals surface area (Å²) in [6.45, 7) is 3.28. The van der Waals surface area contributed by atoms with Crippen molar-refractivity contribution in [1.29, 1.82) is 0 Å². The first-order chi connectivity index (χ1) is 9.03. The van der Waals surface area contributed by atoms with Gasteiger partial charge in [0.2, 0.25) is 0 Å². The van der Waals surface area contributed by atoms with Crippen molar-refractivity contribution in [2.45, 2.75) is 76.6 Å². The zero-order chi connectivity index (χ0) is 14.1. The number of hydrogen-bond acceptors (Lipinski definition) is 2. The Labute approximate surface area is 114 Å². The Kier molecular flexibility index (Phi) is 7.76. The van der Waals surface area contributed by atoms with Crippen LogP contribution in [0.1, 0.15) is 58.3 Å². The molecule has 0 bridgehead atoms. The number of rotatable bonds is 7. The fourth-order valence-electron chi connectivity index (χ4n) is 2.54. The van der Waals surface area contributed by atoms with Gasteiger partial charge >= 0.3 is 6.18 Å². The SMILES string of the molecule is CCCNC1CCCCCC1OCCCC(F)(F)F. The lowest BCUT2D eigenvalue weighted by Crippen LogP contribution is -2.41. The van der Waals surface area contributed by atoms with Crippen LogP contribution in [0.5, 0.6) is 0 Å². The van der Waals surface area contributed by atoms with E-state index >= 15 is 0 Å². The molecule has 2 atom stereocenters. The molecule has 0 radical (unpaired) electrons. The number of alkyl halides is 3. The van der Waals surface area contributed by atoms with E-state index < -0.39 is 12.6 Å². The Bertz CT molecular complexity index is 233. The molecule has 0 aromatic heterocycles. The molecular formula is C14H26F3NO. The molecule has 1 fully saturated rings. The highest BCUT2D eigenvalue weighted by Crippen LogP contribution is 2.23. The second kappa shape index (κ2) is 8.80. The highest BCUT2D eigenvalue weighted by molar-refractivity contribution is 4.80. The minimum atomic E-state index is -4.06. The molecule has 1 N–H and O–H groups in total. The van der Waals surface area contributed by atoms with E-state index in [1.807, 2.05) is 0 Å². The van der Waals surface area contributed by atoms with E-state index in [0.717, 1.165) is 32.2 Å². The fraction of sp³-hybridized carbons (Fsp3) is 1.00. The van der Waals surface area contributed by atoms with Crippen molar-refractivity contribution in [3.05, 3.63) is 0 Å². The summed E-state index contributed by atoms with van der Waals surface area (Å²) in [7, 11) is 0. The smallest absolute Gasteiger partial charge is 0.377 e. The topological polar surface area (TPSA) is 21.3 Å². The van der Waals surface area contributed by atoms with Gasteiger partial charge in [0.1, 0.15) is 0 Å². The van der Waals surface area contributed by atoms with Crippen molar-refractivity contribution >= 4 is 0 Å². The molecule has 2 unspecified atom stereocenters. The molecule has 1 saturated carbocycles. The van der Waals surface area contributed by atoms with Gasteiger partial charge < -0.3 is 10.1 Å². The molecule has 0 saturated heterocycles. The number of nitrogens with one attached hydrogen (secondary N) is 1. The maximum absolute atomic E-state index is 12.1. The van der Waals surface area contributed by atoms with Gasteiger partial charge in [0.15, 0.2) is 0 Å². The van der Waals surface area contributed by atoms with Gasteiger partial charge in [-0.15, -0.1) is 0 Å². The molecular weight excluding hydrogens is 255 g/mol. The molecule has 1 rings (SSSR count). The molecule has 1 aliphatic rings. The first-order valence-electron chi connectivity index (χ1n) is 7.44. The van der Waals surface area contributed by atoms with E-state index in [2.05, 4.69) is 12.2 Å². The summed E-state index contributed by atoms with van der Waals surface area (Å²) < 4.78 is 41.9. The third-order valence-electron chi connectivity index (χ3n) is 3.55. The van der Waals surface area contributed by atoms with E-state index in [-0.39, 0.29) is 19.1 Å². The van der Waals surface area contributed by atoms with E-state index in [1.54, 1.807) is 0 Å². The van der Waals surface area contributed by atoms with Crippen LogP contribution in [0.25, 0.3) is 0 Å². The van der Waals surface area contributed by atoms with Crippen LogP contribution in [0.4, 0.5) is 13.2 Å². The van der Waals surface area contributed by atoms with Crippen LogP contribution in [0.15, 0.2) is 0 Å². The van der Waals surface area contributed by atoms with Crippen molar-refractivity contribution < 1.29 is 17.9 Å². The zero-order valence-corrected chi connectivity index (χ0v) is 11.8. The highest BCUT2D eigenvalue weighted by atomic mass is 19.4. The van der Waals surface area contributed by atoms with E-state index in [0.29, 0.717) is 6.04 Å². The first-order valence-corrected chi connectivity index (χ1v) is 7.44. The van der Waals surface area contributed by atoms with Gasteiger partial charge in [-0.05, 0) is 32.2 Å². The van der Waals surface area contributed by atoms with Gasteiger partial charge in [-0.3, -0.25) is 0 Å². The van der Waals surface area contributed by atoms with Gasteiger partial charge in [0, 0.05) is 19.1 Å². The number of hydrogen-bond donors (Lipinski definition) is 1. The molecule has 114 valence electrons. The Morgan fingerprint density at radius 1 is 1.16 bits per heavy atom. The zero-order valence-electron chi connectivity index (χ0n) is 11.8. The second-order valence-electron chi connectivity index (χ2n) is 5.33. The predicted octanol–water partition coefficient (Wildman–Crippen LogP) is 4.05. The van der Waals surface area contributed by atoms with Crippen molar-refractivity contribution in [1.82, 2.24) is 5.32 Å². The summed E-state index contributed by atoms with van der Waals surface area (Å²) in [5.41, 5.74) is 0. The Balaban J connectivity index is 2.29. The monoisotopic (exact) mass is 281 g/mol. The van der Waals surface area contributed by atoms with Crippen LogP contribution in [-0.2, 0) is 4.74 Å². The summed E-state index contributed by atoms with van der Waals surface area (Å²) in [5, 5.41) is 3.47. The van der Waals surface area contributed by atoms with Crippen LogP contribution in [0.2, 0.25) is 0 Å². The van der Waals surface area contributed by atoms with Crippen molar-refractivity contribution in [3.8, 4) is 0 Å². The standard InChI is InChI=1S/C14H26F3NO/c1-2-10-18-12-7-4-3-5-8-13(12)19-11-6-9-14(15,16)17/h12-13,18H,2-11H2,1H3. The molecule has 0 aromatic rings. The van der Waals surface area contributed by atoms with Crippen LogP contribution < -0.4 is 5.32 Å². The molecule has 2 nitrogen and oxygen atoms in total. The van der Waals surface area contributed by atoms with Crippen molar-refractivity contribution in [2.75, 3.05) is 13.2 Å². The average molecular weight is 281 g/mol.